The second-order valence-electron chi connectivity index (χ2n) is 3.24. The summed E-state index contributed by atoms with van der Waals surface area (Å²) in [5.74, 6) is 0.716. The molecule has 1 aromatic carbocycles. The summed E-state index contributed by atoms with van der Waals surface area (Å²) in [6.07, 6.45) is 0.263. The van der Waals surface area contributed by atoms with Gasteiger partial charge in [-0.2, -0.15) is 5.26 Å². The zero-order chi connectivity index (χ0) is 11.1. The number of hydrogen-bond donors (Lipinski definition) is 0. The monoisotopic (exact) mass is 203 g/mol. The van der Waals surface area contributed by atoms with Crippen molar-refractivity contribution < 1.29 is 9.53 Å². The van der Waals surface area contributed by atoms with Crippen LogP contribution in [0.4, 0.5) is 0 Å². The zero-order valence-corrected chi connectivity index (χ0v) is 8.69. The van der Waals surface area contributed by atoms with E-state index >= 15 is 0 Å². The topological polar surface area (TPSA) is 50.1 Å². The van der Waals surface area contributed by atoms with Crippen molar-refractivity contribution in [3.63, 3.8) is 0 Å². The molecule has 1 rings (SSSR count). The summed E-state index contributed by atoms with van der Waals surface area (Å²) in [6.45, 7) is 2.29. The Morgan fingerprint density at radius 3 is 2.87 bits per heavy atom. The van der Waals surface area contributed by atoms with Crippen molar-refractivity contribution in [1.29, 1.82) is 5.26 Å². The lowest BCUT2D eigenvalue weighted by molar-refractivity contribution is -0.118. The first-order chi connectivity index (χ1) is 7.24. The first kappa shape index (κ1) is 11.3. The number of nitriles is 1. The minimum absolute atomic E-state index is 0.0306. The minimum Gasteiger partial charge on any atom is -0.493 e. The van der Waals surface area contributed by atoms with Gasteiger partial charge in [-0.25, -0.2) is 0 Å². The van der Waals surface area contributed by atoms with Crippen LogP contribution in [0, 0.1) is 18.3 Å². The summed E-state index contributed by atoms with van der Waals surface area (Å²) in [6, 6.07) is 9.46. The highest BCUT2D eigenvalue weighted by Crippen LogP contribution is 2.16. The third-order valence-corrected chi connectivity index (χ3v) is 2.01. The molecule has 0 aliphatic heterocycles. The average molecular weight is 203 g/mol. The van der Waals surface area contributed by atoms with Crippen LogP contribution in [0.25, 0.3) is 0 Å². The molecule has 0 bridgehead atoms. The first-order valence-corrected chi connectivity index (χ1v) is 4.81. The van der Waals surface area contributed by atoms with Crippen LogP contribution < -0.4 is 4.74 Å². The second-order valence-corrected chi connectivity index (χ2v) is 3.24. The van der Waals surface area contributed by atoms with Gasteiger partial charge >= 0.3 is 0 Å². The van der Waals surface area contributed by atoms with Crippen molar-refractivity contribution in [3.05, 3.63) is 29.8 Å². The SMILES string of the molecule is Cc1ccccc1OCCC(=O)CC#N. The van der Waals surface area contributed by atoms with Crippen LogP contribution in [0.3, 0.4) is 0 Å². The number of carbonyl (C=O) groups is 1. The molecule has 3 heteroatoms. The van der Waals surface area contributed by atoms with Crippen LogP contribution in [0.5, 0.6) is 5.75 Å². The minimum atomic E-state index is -0.0777. The van der Waals surface area contributed by atoms with E-state index in [2.05, 4.69) is 0 Å². The van der Waals surface area contributed by atoms with E-state index in [-0.39, 0.29) is 12.2 Å². The Hall–Kier alpha value is -1.82. The molecule has 0 amide bonds. The summed E-state index contributed by atoms with van der Waals surface area (Å²) >= 11 is 0. The number of Topliss-reactive ketones (excluding diaryl/α,β-unsaturated/α-hetero) is 1. The van der Waals surface area contributed by atoms with Crippen LogP contribution in [0.2, 0.25) is 0 Å². The fourth-order valence-corrected chi connectivity index (χ4v) is 1.17. The molecule has 0 saturated carbocycles. The fourth-order valence-electron chi connectivity index (χ4n) is 1.17. The quantitative estimate of drug-likeness (QED) is 0.737. The van der Waals surface area contributed by atoms with Gasteiger partial charge in [-0.15, -0.1) is 0 Å². The van der Waals surface area contributed by atoms with Crippen molar-refractivity contribution in [2.24, 2.45) is 0 Å². The van der Waals surface area contributed by atoms with E-state index in [1.165, 1.54) is 0 Å². The molecule has 0 unspecified atom stereocenters. The molecule has 0 fully saturated rings. The Balaban J connectivity index is 2.36. The normalized spacial score (nSPS) is 9.33. The number of aryl methyl sites for hydroxylation is 1. The van der Waals surface area contributed by atoms with Crippen LogP contribution >= 0.6 is 0 Å². The predicted molar refractivity (Wildman–Crippen MR) is 56.5 cm³/mol. The van der Waals surface area contributed by atoms with E-state index in [9.17, 15) is 4.79 Å². The zero-order valence-electron chi connectivity index (χ0n) is 8.69. The van der Waals surface area contributed by atoms with E-state index in [4.69, 9.17) is 10.00 Å². The van der Waals surface area contributed by atoms with E-state index in [0.29, 0.717) is 13.0 Å². The maximum atomic E-state index is 11.0. The molecule has 0 aliphatic rings. The third kappa shape index (κ3) is 3.82. The van der Waals surface area contributed by atoms with Gasteiger partial charge < -0.3 is 4.74 Å². The van der Waals surface area contributed by atoms with Crippen molar-refractivity contribution in [3.8, 4) is 11.8 Å². The Morgan fingerprint density at radius 1 is 1.47 bits per heavy atom. The highest BCUT2D eigenvalue weighted by molar-refractivity contribution is 5.80. The molecule has 0 N–H and O–H groups in total. The lowest BCUT2D eigenvalue weighted by Gasteiger charge is -2.07. The highest BCUT2D eigenvalue weighted by Gasteiger charge is 2.02. The number of benzene rings is 1. The number of ketones is 1. The molecule has 1 aromatic rings. The van der Waals surface area contributed by atoms with Gasteiger partial charge in [-0.1, -0.05) is 18.2 Å². The van der Waals surface area contributed by atoms with E-state index in [1.807, 2.05) is 37.3 Å². The van der Waals surface area contributed by atoms with Crippen molar-refractivity contribution >= 4 is 5.78 Å². The van der Waals surface area contributed by atoms with Gasteiger partial charge in [0.25, 0.3) is 0 Å². The highest BCUT2D eigenvalue weighted by atomic mass is 16.5. The lowest BCUT2D eigenvalue weighted by atomic mass is 10.2. The maximum Gasteiger partial charge on any atom is 0.150 e. The number of hydrogen-bond acceptors (Lipinski definition) is 3. The summed E-state index contributed by atoms with van der Waals surface area (Å²) < 4.78 is 5.42. The number of rotatable bonds is 5. The van der Waals surface area contributed by atoms with E-state index in [1.54, 1.807) is 0 Å². The molecule has 15 heavy (non-hydrogen) atoms. The van der Waals surface area contributed by atoms with Gasteiger partial charge in [0.15, 0.2) is 0 Å². The average Bonchev–Trinajstić information content (AvgIpc) is 2.21. The van der Waals surface area contributed by atoms with Crippen molar-refractivity contribution in [2.45, 2.75) is 19.8 Å². The Bertz CT molecular complexity index is 379. The molecular weight excluding hydrogens is 190 g/mol. The Kier molecular flexibility index (Phi) is 4.36. The number of para-hydroxylation sites is 1. The first-order valence-electron chi connectivity index (χ1n) is 4.81. The molecule has 0 heterocycles. The molecular formula is C12H13NO2. The Labute approximate surface area is 89.3 Å². The van der Waals surface area contributed by atoms with Gasteiger partial charge in [0.05, 0.1) is 19.1 Å². The molecule has 0 aromatic heterocycles. The Morgan fingerprint density at radius 2 is 2.20 bits per heavy atom. The fraction of sp³-hybridized carbons (Fsp3) is 0.333. The van der Waals surface area contributed by atoms with Gasteiger partial charge in [-0.3, -0.25) is 4.79 Å². The number of nitrogens with zero attached hydrogens (tertiary/aromatic N) is 1. The molecule has 78 valence electrons. The van der Waals surface area contributed by atoms with Crippen molar-refractivity contribution in [2.75, 3.05) is 6.61 Å². The molecule has 3 nitrogen and oxygen atoms in total. The van der Waals surface area contributed by atoms with Crippen LogP contribution in [0.15, 0.2) is 24.3 Å². The molecule has 0 aliphatic carbocycles. The number of ether oxygens (including phenoxy) is 1. The van der Waals surface area contributed by atoms with Gasteiger partial charge in [0, 0.05) is 6.42 Å². The molecule has 0 radical (unpaired) electrons. The molecule has 0 spiro atoms. The summed E-state index contributed by atoms with van der Waals surface area (Å²) in [5, 5.41) is 8.29. The predicted octanol–water partition coefficient (Wildman–Crippen LogP) is 2.25. The van der Waals surface area contributed by atoms with Gasteiger partial charge in [0.2, 0.25) is 0 Å². The van der Waals surface area contributed by atoms with E-state index < -0.39 is 0 Å². The third-order valence-electron chi connectivity index (χ3n) is 2.01. The molecule has 0 saturated heterocycles. The smallest absolute Gasteiger partial charge is 0.150 e. The summed E-state index contributed by atoms with van der Waals surface area (Å²) in [7, 11) is 0. The number of carbonyl (C=O) groups excluding carboxylic acids is 1. The van der Waals surface area contributed by atoms with Crippen LogP contribution in [-0.2, 0) is 4.79 Å². The van der Waals surface area contributed by atoms with E-state index in [0.717, 1.165) is 11.3 Å². The molecule has 0 atom stereocenters. The van der Waals surface area contributed by atoms with Crippen molar-refractivity contribution in [1.82, 2.24) is 0 Å². The van der Waals surface area contributed by atoms with Crippen LogP contribution in [-0.4, -0.2) is 12.4 Å². The largest absolute Gasteiger partial charge is 0.493 e. The maximum absolute atomic E-state index is 11.0. The standard InChI is InChI=1S/C12H13NO2/c1-10-4-2-3-5-12(10)15-9-7-11(14)6-8-13/h2-5H,6-7,9H2,1H3. The lowest BCUT2D eigenvalue weighted by Crippen LogP contribution is -2.05. The summed E-state index contributed by atoms with van der Waals surface area (Å²) in [4.78, 5) is 11.0. The second kappa shape index (κ2) is 5.82. The van der Waals surface area contributed by atoms with Crippen LogP contribution in [0.1, 0.15) is 18.4 Å². The van der Waals surface area contributed by atoms with Gasteiger partial charge in [-0.05, 0) is 18.6 Å². The summed E-state index contributed by atoms with van der Waals surface area (Å²) in [5.41, 5.74) is 1.05. The van der Waals surface area contributed by atoms with Gasteiger partial charge in [0.1, 0.15) is 11.5 Å².